The predicted molar refractivity (Wildman–Crippen MR) is 70.4 cm³/mol. The minimum absolute atomic E-state index is 0.607. The van der Waals surface area contributed by atoms with E-state index >= 15 is 0 Å². The quantitative estimate of drug-likeness (QED) is 0.823. The summed E-state index contributed by atoms with van der Waals surface area (Å²) in [7, 11) is 0. The lowest BCUT2D eigenvalue weighted by molar-refractivity contribution is -0.147. The number of rotatable bonds is 5. The molecule has 0 heterocycles. The molecule has 3 nitrogen and oxygen atoms in total. The number of benzene rings is 1. The number of hydrogen-bond donors (Lipinski definition) is 2. The van der Waals surface area contributed by atoms with E-state index in [1.165, 1.54) is 11.1 Å². The van der Waals surface area contributed by atoms with Crippen molar-refractivity contribution in [1.82, 2.24) is 0 Å². The van der Waals surface area contributed by atoms with Crippen molar-refractivity contribution in [3.8, 4) is 0 Å². The highest BCUT2D eigenvalue weighted by Gasteiger charge is 2.26. The second-order valence-electron chi connectivity index (χ2n) is 5.18. The fourth-order valence-corrected chi connectivity index (χ4v) is 1.54. The van der Waals surface area contributed by atoms with Crippen molar-refractivity contribution in [2.45, 2.75) is 34.1 Å². The number of aryl methyl sites for hydroxylation is 2. The zero-order valence-corrected chi connectivity index (χ0v) is 11.0. The normalized spacial score (nSPS) is 11.3. The van der Waals surface area contributed by atoms with Gasteiger partial charge in [-0.2, -0.15) is 0 Å². The van der Waals surface area contributed by atoms with Crippen LogP contribution in [0.4, 0.5) is 5.69 Å². The van der Waals surface area contributed by atoms with Crippen molar-refractivity contribution < 1.29 is 9.90 Å². The first-order valence-electron chi connectivity index (χ1n) is 5.87. The van der Waals surface area contributed by atoms with Gasteiger partial charge in [0.05, 0.1) is 5.41 Å². The number of anilines is 1. The van der Waals surface area contributed by atoms with Crippen molar-refractivity contribution in [3.63, 3.8) is 0 Å². The number of carbonyl (C=O) groups is 1. The van der Waals surface area contributed by atoms with E-state index in [0.717, 1.165) is 5.69 Å². The molecule has 1 rings (SSSR count). The lowest BCUT2D eigenvalue weighted by atomic mass is 9.89. The number of carboxylic acid groups (broad SMARTS) is 1. The summed E-state index contributed by atoms with van der Waals surface area (Å²) in [6, 6.07) is 6.23. The summed E-state index contributed by atoms with van der Waals surface area (Å²) < 4.78 is 0. The molecule has 0 saturated carbocycles. The smallest absolute Gasteiger partial charge is 0.309 e. The van der Waals surface area contributed by atoms with Crippen molar-refractivity contribution in [3.05, 3.63) is 29.3 Å². The van der Waals surface area contributed by atoms with Gasteiger partial charge in [-0.05, 0) is 51.3 Å². The molecule has 0 aliphatic heterocycles. The van der Waals surface area contributed by atoms with Crippen LogP contribution in [0.5, 0.6) is 0 Å². The van der Waals surface area contributed by atoms with Crippen LogP contribution in [0.15, 0.2) is 18.2 Å². The highest BCUT2D eigenvalue weighted by Crippen LogP contribution is 2.22. The lowest BCUT2D eigenvalue weighted by Crippen LogP contribution is -2.26. The molecule has 0 radical (unpaired) electrons. The van der Waals surface area contributed by atoms with Gasteiger partial charge in [0.1, 0.15) is 0 Å². The maximum absolute atomic E-state index is 11.0. The van der Waals surface area contributed by atoms with Crippen LogP contribution >= 0.6 is 0 Å². The maximum atomic E-state index is 11.0. The Hall–Kier alpha value is -1.51. The predicted octanol–water partition coefficient (Wildman–Crippen LogP) is 3.22. The molecule has 0 unspecified atom stereocenters. The first-order chi connectivity index (χ1) is 7.83. The first kappa shape index (κ1) is 13.6. The first-order valence-corrected chi connectivity index (χ1v) is 5.87. The van der Waals surface area contributed by atoms with E-state index in [4.69, 9.17) is 5.11 Å². The summed E-state index contributed by atoms with van der Waals surface area (Å²) in [6.07, 6.45) is 0.607. The molecule has 3 heteroatoms. The molecule has 0 bridgehead atoms. The largest absolute Gasteiger partial charge is 0.481 e. The van der Waals surface area contributed by atoms with Gasteiger partial charge in [-0.1, -0.05) is 12.1 Å². The number of aliphatic carboxylic acids is 1. The summed E-state index contributed by atoms with van der Waals surface area (Å²) in [5.41, 5.74) is 2.80. The van der Waals surface area contributed by atoms with Crippen LogP contribution in [0, 0.1) is 19.3 Å². The minimum atomic E-state index is -0.750. The van der Waals surface area contributed by atoms with Gasteiger partial charge >= 0.3 is 5.97 Å². The molecule has 0 aliphatic carbocycles. The van der Waals surface area contributed by atoms with Crippen molar-refractivity contribution >= 4 is 11.7 Å². The van der Waals surface area contributed by atoms with E-state index in [1.54, 1.807) is 13.8 Å². The summed E-state index contributed by atoms with van der Waals surface area (Å²) in [4.78, 5) is 11.0. The van der Waals surface area contributed by atoms with E-state index in [1.807, 2.05) is 13.8 Å². The van der Waals surface area contributed by atoms with Crippen LogP contribution in [0.25, 0.3) is 0 Å². The molecular formula is C14H21NO2. The lowest BCUT2D eigenvalue weighted by Gasteiger charge is -2.20. The molecule has 17 heavy (non-hydrogen) atoms. The SMILES string of the molecule is Cc1ccc(C)c(NCCC(C)(C)C(=O)O)c1. The molecule has 2 N–H and O–H groups in total. The van der Waals surface area contributed by atoms with Gasteiger partial charge in [0.25, 0.3) is 0 Å². The standard InChI is InChI=1S/C14H21NO2/c1-10-5-6-11(2)12(9-10)15-8-7-14(3,4)13(16)17/h5-6,9,15H,7-8H2,1-4H3,(H,16,17). The van der Waals surface area contributed by atoms with E-state index in [2.05, 4.69) is 23.5 Å². The highest BCUT2D eigenvalue weighted by molar-refractivity contribution is 5.73. The topological polar surface area (TPSA) is 49.3 Å². The summed E-state index contributed by atoms with van der Waals surface area (Å²) >= 11 is 0. The maximum Gasteiger partial charge on any atom is 0.309 e. The van der Waals surface area contributed by atoms with Crippen LogP contribution in [-0.2, 0) is 4.79 Å². The Morgan fingerprint density at radius 3 is 2.59 bits per heavy atom. The van der Waals surface area contributed by atoms with Gasteiger partial charge in [0.2, 0.25) is 0 Å². The molecule has 0 saturated heterocycles. The molecule has 1 aromatic rings. The van der Waals surface area contributed by atoms with Crippen molar-refractivity contribution in [2.24, 2.45) is 5.41 Å². The van der Waals surface area contributed by atoms with Gasteiger partial charge in [-0.3, -0.25) is 4.79 Å². The van der Waals surface area contributed by atoms with Crippen LogP contribution < -0.4 is 5.32 Å². The molecule has 0 aromatic heterocycles. The molecule has 0 amide bonds. The van der Waals surface area contributed by atoms with E-state index in [0.29, 0.717) is 13.0 Å². The number of carboxylic acids is 1. The molecule has 0 fully saturated rings. The van der Waals surface area contributed by atoms with E-state index in [-0.39, 0.29) is 0 Å². The zero-order valence-electron chi connectivity index (χ0n) is 11.0. The molecule has 0 atom stereocenters. The van der Waals surface area contributed by atoms with Gasteiger partial charge < -0.3 is 10.4 Å². The molecule has 94 valence electrons. The van der Waals surface area contributed by atoms with Gasteiger partial charge in [-0.15, -0.1) is 0 Å². The Kier molecular flexibility index (Phi) is 4.16. The third-order valence-electron chi connectivity index (χ3n) is 3.04. The average molecular weight is 235 g/mol. The van der Waals surface area contributed by atoms with Crippen LogP contribution in [0.1, 0.15) is 31.4 Å². The van der Waals surface area contributed by atoms with Gasteiger partial charge in [0.15, 0.2) is 0 Å². The fourth-order valence-electron chi connectivity index (χ4n) is 1.54. The van der Waals surface area contributed by atoms with Gasteiger partial charge in [-0.25, -0.2) is 0 Å². The van der Waals surface area contributed by atoms with E-state index in [9.17, 15) is 4.79 Å². The number of hydrogen-bond acceptors (Lipinski definition) is 2. The van der Waals surface area contributed by atoms with Crippen LogP contribution in [-0.4, -0.2) is 17.6 Å². The van der Waals surface area contributed by atoms with Crippen LogP contribution in [0.3, 0.4) is 0 Å². The Morgan fingerprint density at radius 1 is 1.35 bits per heavy atom. The van der Waals surface area contributed by atoms with Gasteiger partial charge in [0, 0.05) is 12.2 Å². The summed E-state index contributed by atoms with van der Waals surface area (Å²) in [5, 5.41) is 12.3. The molecule has 0 aliphatic rings. The second-order valence-corrected chi connectivity index (χ2v) is 5.18. The van der Waals surface area contributed by atoms with Crippen molar-refractivity contribution in [1.29, 1.82) is 0 Å². The molecular weight excluding hydrogens is 214 g/mol. The third-order valence-corrected chi connectivity index (χ3v) is 3.04. The van der Waals surface area contributed by atoms with E-state index < -0.39 is 11.4 Å². The Morgan fingerprint density at radius 2 is 2.00 bits per heavy atom. The monoisotopic (exact) mass is 235 g/mol. The average Bonchev–Trinajstić information content (AvgIpc) is 2.22. The Labute approximate surface area is 103 Å². The molecule has 1 aromatic carbocycles. The fraction of sp³-hybridized carbons (Fsp3) is 0.500. The minimum Gasteiger partial charge on any atom is -0.481 e. The second kappa shape index (κ2) is 5.21. The van der Waals surface area contributed by atoms with Crippen LogP contribution in [0.2, 0.25) is 0 Å². The molecule has 0 spiro atoms. The Bertz CT molecular complexity index is 411. The Balaban J connectivity index is 2.57. The summed E-state index contributed by atoms with van der Waals surface area (Å²) in [5.74, 6) is -0.750. The third kappa shape index (κ3) is 3.77. The highest BCUT2D eigenvalue weighted by atomic mass is 16.4. The number of nitrogens with one attached hydrogen (secondary N) is 1. The van der Waals surface area contributed by atoms with Crippen molar-refractivity contribution in [2.75, 3.05) is 11.9 Å². The summed E-state index contributed by atoms with van der Waals surface area (Å²) in [6.45, 7) is 8.26. The zero-order chi connectivity index (χ0) is 13.1.